The maximum atomic E-state index is 12.4. The molecule has 0 unspecified atom stereocenters. The Bertz CT molecular complexity index is 885. The number of carbonyl (C=O) groups excluding carboxylic acids is 1. The van der Waals surface area contributed by atoms with Gasteiger partial charge in [-0.3, -0.25) is 4.79 Å². The summed E-state index contributed by atoms with van der Waals surface area (Å²) < 4.78 is 21.7. The first-order valence-electron chi connectivity index (χ1n) is 8.25. The highest BCUT2D eigenvalue weighted by molar-refractivity contribution is 5.97. The summed E-state index contributed by atoms with van der Waals surface area (Å²) in [5.41, 5.74) is 0.558. The molecule has 0 aliphatic heterocycles. The molecule has 1 atom stereocenters. The molecular formula is C20H21NO5. The molecule has 0 aliphatic rings. The zero-order valence-electron chi connectivity index (χ0n) is 14.9. The van der Waals surface area contributed by atoms with Crippen molar-refractivity contribution in [3.63, 3.8) is 0 Å². The molecule has 1 N–H and O–H groups in total. The first-order chi connectivity index (χ1) is 12.6. The molecule has 0 aliphatic carbocycles. The van der Waals surface area contributed by atoms with Crippen LogP contribution in [0.4, 0.5) is 0 Å². The first-order valence-corrected chi connectivity index (χ1v) is 8.25. The maximum absolute atomic E-state index is 12.4. The van der Waals surface area contributed by atoms with E-state index in [1.165, 1.54) is 0 Å². The highest BCUT2D eigenvalue weighted by Crippen LogP contribution is 2.28. The molecule has 0 bridgehead atoms. The molecule has 26 heavy (non-hydrogen) atoms. The van der Waals surface area contributed by atoms with Crippen LogP contribution in [0.2, 0.25) is 0 Å². The molecule has 0 radical (unpaired) electrons. The van der Waals surface area contributed by atoms with E-state index in [1.54, 1.807) is 26.4 Å². The lowest BCUT2D eigenvalue weighted by Gasteiger charge is -2.14. The summed E-state index contributed by atoms with van der Waals surface area (Å²) in [6.45, 7) is 2.20. The SMILES string of the molecule is COc1ccc(OC[C@@H](C)NC(=O)c2cc3cccc(OC)c3o2)cc1. The largest absolute Gasteiger partial charge is 0.497 e. The minimum atomic E-state index is -0.297. The Morgan fingerprint density at radius 2 is 1.81 bits per heavy atom. The molecule has 0 fully saturated rings. The Morgan fingerprint density at radius 1 is 1.08 bits per heavy atom. The van der Waals surface area contributed by atoms with Crippen LogP contribution >= 0.6 is 0 Å². The number of methoxy groups -OCH3 is 2. The van der Waals surface area contributed by atoms with Crippen molar-refractivity contribution in [1.29, 1.82) is 0 Å². The topological polar surface area (TPSA) is 69.9 Å². The molecule has 6 nitrogen and oxygen atoms in total. The Balaban J connectivity index is 1.60. The minimum Gasteiger partial charge on any atom is -0.497 e. The van der Waals surface area contributed by atoms with Crippen molar-refractivity contribution in [2.75, 3.05) is 20.8 Å². The molecule has 2 aromatic carbocycles. The predicted octanol–water partition coefficient (Wildman–Crippen LogP) is 3.65. The number of ether oxygens (including phenoxy) is 3. The van der Waals surface area contributed by atoms with Gasteiger partial charge in [0.1, 0.15) is 18.1 Å². The van der Waals surface area contributed by atoms with Crippen molar-refractivity contribution in [3.8, 4) is 17.2 Å². The molecule has 1 amide bonds. The minimum absolute atomic E-state index is 0.195. The lowest BCUT2D eigenvalue weighted by atomic mass is 10.2. The average molecular weight is 355 g/mol. The van der Waals surface area contributed by atoms with Gasteiger partial charge in [0.15, 0.2) is 17.1 Å². The van der Waals surface area contributed by atoms with Crippen molar-refractivity contribution < 1.29 is 23.4 Å². The van der Waals surface area contributed by atoms with Gasteiger partial charge in [-0.1, -0.05) is 12.1 Å². The second kappa shape index (κ2) is 7.82. The van der Waals surface area contributed by atoms with Crippen molar-refractivity contribution >= 4 is 16.9 Å². The summed E-state index contributed by atoms with van der Waals surface area (Å²) in [7, 11) is 3.18. The summed E-state index contributed by atoms with van der Waals surface area (Å²) in [6.07, 6.45) is 0. The smallest absolute Gasteiger partial charge is 0.287 e. The number of rotatable bonds is 7. The van der Waals surface area contributed by atoms with Gasteiger partial charge in [-0.25, -0.2) is 0 Å². The van der Waals surface area contributed by atoms with Gasteiger partial charge in [-0.05, 0) is 43.3 Å². The van der Waals surface area contributed by atoms with E-state index in [9.17, 15) is 4.79 Å². The fraction of sp³-hybridized carbons (Fsp3) is 0.250. The van der Waals surface area contributed by atoms with Crippen LogP contribution in [-0.4, -0.2) is 32.8 Å². The van der Waals surface area contributed by atoms with Gasteiger partial charge in [-0.2, -0.15) is 0 Å². The Morgan fingerprint density at radius 3 is 2.50 bits per heavy atom. The number of hydrogen-bond acceptors (Lipinski definition) is 5. The number of benzene rings is 2. The van der Waals surface area contributed by atoms with Crippen molar-refractivity contribution in [3.05, 3.63) is 54.3 Å². The monoisotopic (exact) mass is 355 g/mol. The van der Waals surface area contributed by atoms with Crippen LogP contribution in [0.25, 0.3) is 11.0 Å². The third-order valence-electron chi connectivity index (χ3n) is 3.89. The van der Waals surface area contributed by atoms with E-state index >= 15 is 0 Å². The van der Waals surface area contributed by atoms with Crippen LogP contribution in [0.5, 0.6) is 17.2 Å². The van der Waals surface area contributed by atoms with E-state index in [4.69, 9.17) is 18.6 Å². The van der Waals surface area contributed by atoms with E-state index in [0.717, 1.165) is 11.1 Å². The second-order valence-electron chi connectivity index (χ2n) is 5.85. The number of carbonyl (C=O) groups is 1. The van der Waals surface area contributed by atoms with Gasteiger partial charge in [-0.15, -0.1) is 0 Å². The second-order valence-corrected chi connectivity index (χ2v) is 5.85. The summed E-state index contributed by atoms with van der Waals surface area (Å²) in [4.78, 5) is 12.4. The van der Waals surface area contributed by atoms with Gasteiger partial charge in [0.2, 0.25) is 0 Å². The zero-order chi connectivity index (χ0) is 18.5. The average Bonchev–Trinajstić information content (AvgIpc) is 3.11. The van der Waals surface area contributed by atoms with E-state index in [-0.39, 0.29) is 17.7 Å². The summed E-state index contributed by atoms with van der Waals surface area (Å²) >= 11 is 0. The van der Waals surface area contributed by atoms with Crippen molar-refractivity contribution in [2.24, 2.45) is 0 Å². The molecule has 0 saturated carbocycles. The molecule has 3 rings (SSSR count). The van der Waals surface area contributed by atoms with Crippen molar-refractivity contribution in [1.82, 2.24) is 5.32 Å². The summed E-state index contributed by atoms with van der Waals surface area (Å²) in [5.74, 6) is 2.01. The van der Waals surface area contributed by atoms with Gasteiger partial charge >= 0.3 is 0 Å². The summed E-state index contributed by atoms with van der Waals surface area (Å²) in [6, 6.07) is 14.3. The van der Waals surface area contributed by atoms with Crippen LogP contribution < -0.4 is 19.5 Å². The number of amides is 1. The lowest BCUT2D eigenvalue weighted by Crippen LogP contribution is -2.36. The normalized spacial score (nSPS) is 11.8. The van der Waals surface area contributed by atoms with E-state index in [2.05, 4.69) is 5.32 Å². The van der Waals surface area contributed by atoms with Gasteiger partial charge in [0.05, 0.1) is 20.3 Å². The quantitative estimate of drug-likeness (QED) is 0.701. The van der Waals surface area contributed by atoms with Crippen molar-refractivity contribution in [2.45, 2.75) is 13.0 Å². The Labute approximate surface area is 151 Å². The molecule has 0 saturated heterocycles. The van der Waals surface area contributed by atoms with Gasteiger partial charge < -0.3 is 23.9 Å². The highest BCUT2D eigenvalue weighted by Gasteiger charge is 2.17. The van der Waals surface area contributed by atoms with Gasteiger partial charge in [0, 0.05) is 5.39 Å². The molecule has 0 spiro atoms. The first kappa shape index (κ1) is 17.7. The van der Waals surface area contributed by atoms with Crippen LogP contribution in [-0.2, 0) is 0 Å². The Kier molecular flexibility index (Phi) is 5.31. The fourth-order valence-corrected chi connectivity index (χ4v) is 2.54. The number of fused-ring (bicyclic) bond motifs is 1. The molecule has 1 heterocycles. The summed E-state index contributed by atoms with van der Waals surface area (Å²) in [5, 5.41) is 3.68. The zero-order valence-corrected chi connectivity index (χ0v) is 14.9. The van der Waals surface area contributed by atoms with Crippen LogP contribution in [0.3, 0.4) is 0 Å². The fourth-order valence-electron chi connectivity index (χ4n) is 2.54. The van der Waals surface area contributed by atoms with Crippen LogP contribution in [0.15, 0.2) is 52.9 Å². The van der Waals surface area contributed by atoms with E-state index in [0.29, 0.717) is 23.7 Å². The number of para-hydroxylation sites is 1. The van der Waals surface area contributed by atoms with E-state index in [1.807, 2.05) is 43.3 Å². The third-order valence-corrected chi connectivity index (χ3v) is 3.89. The molecule has 1 aromatic heterocycles. The van der Waals surface area contributed by atoms with Crippen LogP contribution in [0, 0.1) is 0 Å². The Hall–Kier alpha value is -3.15. The van der Waals surface area contributed by atoms with Crippen LogP contribution in [0.1, 0.15) is 17.5 Å². The predicted molar refractivity (Wildman–Crippen MR) is 98.2 cm³/mol. The number of nitrogens with one attached hydrogen (secondary N) is 1. The molecule has 6 heteroatoms. The standard InChI is InChI=1S/C20H21NO5/c1-13(12-25-16-9-7-15(23-2)8-10-16)21-20(22)18-11-14-5-4-6-17(24-3)19(14)26-18/h4-11,13H,12H2,1-3H3,(H,21,22)/t13-/m1/s1. The molecular weight excluding hydrogens is 334 g/mol. The molecule has 136 valence electrons. The maximum Gasteiger partial charge on any atom is 0.287 e. The number of furan rings is 1. The third kappa shape index (κ3) is 3.91. The number of hydrogen-bond donors (Lipinski definition) is 1. The molecule has 3 aromatic rings. The van der Waals surface area contributed by atoms with Gasteiger partial charge in [0.25, 0.3) is 5.91 Å². The van der Waals surface area contributed by atoms with E-state index < -0.39 is 0 Å². The lowest BCUT2D eigenvalue weighted by molar-refractivity contribution is 0.0900. The highest BCUT2D eigenvalue weighted by atomic mass is 16.5.